The van der Waals surface area contributed by atoms with Crippen LogP contribution in [0.2, 0.25) is 0 Å². The first-order valence-corrected chi connectivity index (χ1v) is 5.75. The van der Waals surface area contributed by atoms with Crippen LogP contribution in [-0.2, 0) is 0 Å². The largest absolute Gasteiger partial charge is 0.328 e. The Balaban J connectivity index is 1.72. The molecule has 0 aromatic rings. The molecule has 2 fully saturated rings. The molecular weight excluding hydrogens is 160 g/mol. The summed E-state index contributed by atoms with van der Waals surface area (Å²) in [5.41, 5.74) is 5.89. The summed E-state index contributed by atoms with van der Waals surface area (Å²) in [4.78, 5) is 0. The van der Waals surface area contributed by atoms with E-state index >= 15 is 0 Å². The van der Waals surface area contributed by atoms with Gasteiger partial charge in [0.1, 0.15) is 0 Å². The fourth-order valence-electron chi connectivity index (χ4n) is 2.86. The molecule has 0 heterocycles. The van der Waals surface area contributed by atoms with Gasteiger partial charge < -0.3 is 11.1 Å². The van der Waals surface area contributed by atoms with Crippen molar-refractivity contribution in [1.82, 2.24) is 5.32 Å². The van der Waals surface area contributed by atoms with Crippen molar-refractivity contribution in [1.29, 1.82) is 0 Å². The highest BCUT2D eigenvalue weighted by Crippen LogP contribution is 2.27. The van der Waals surface area contributed by atoms with E-state index in [0.29, 0.717) is 6.04 Å². The van der Waals surface area contributed by atoms with Crippen LogP contribution in [-0.4, -0.2) is 18.1 Å². The molecule has 0 bridgehead atoms. The topological polar surface area (TPSA) is 38.0 Å². The molecule has 0 aliphatic heterocycles. The summed E-state index contributed by atoms with van der Waals surface area (Å²) >= 11 is 0. The van der Waals surface area contributed by atoms with E-state index in [0.717, 1.165) is 18.0 Å². The van der Waals surface area contributed by atoms with E-state index in [1.807, 2.05) is 0 Å². The summed E-state index contributed by atoms with van der Waals surface area (Å²) in [7, 11) is 0. The summed E-state index contributed by atoms with van der Waals surface area (Å²) in [6.45, 7) is 2.36. The Labute approximate surface area is 81.3 Å². The lowest BCUT2D eigenvalue weighted by molar-refractivity contribution is 0.423. The average Bonchev–Trinajstić information content (AvgIpc) is 2.62. The maximum atomic E-state index is 5.89. The molecule has 0 radical (unpaired) electrons. The van der Waals surface area contributed by atoms with Crippen LogP contribution in [0.5, 0.6) is 0 Å². The average molecular weight is 182 g/mol. The SMILES string of the molecule is CC1CCC(NC2CCC(N)C2)C1. The van der Waals surface area contributed by atoms with Crippen LogP contribution in [0.25, 0.3) is 0 Å². The predicted octanol–water partition coefficient (Wildman–Crippen LogP) is 1.64. The van der Waals surface area contributed by atoms with Gasteiger partial charge in [-0.2, -0.15) is 0 Å². The molecule has 76 valence electrons. The van der Waals surface area contributed by atoms with Gasteiger partial charge in [0.05, 0.1) is 0 Å². The molecule has 0 saturated heterocycles. The van der Waals surface area contributed by atoms with Gasteiger partial charge in [0.2, 0.25) is 0 Å². The second-order valence-electron chi connectivity index (χ2n) is 5.05. The van der Waals surface area contributed by atoms with Crippen molar-refractivity contribution in [3.8, 4) is 0 Å². The van der Waals surface area contributed by atoms with Crippen LogP contribution >= 0.6 is 0 Å². The van der Waals surface area contributed by atoms with E-state index in [-0.39, 0.29) is 0 Å². The van der Waals surface area contributed by atoms with Crippen LogP contribution in [0.1, 0.15) is 45.4 Å². The quantitative estimate of drug-likeness (QED) is 0.681. The van der Waals surface area contributed by atoms with E-state index in [4.69, 9.17) is 5.73 Å². The number of hydrogen-bond acceptors (Lipinski definition) is 2. The van der Waals surface area contributed by atoms with Crippen molar-refractivity contribution in [2.45, 2.75) is 63.6 Å². The molecule has 2 aliphatic rings. The van der Waals surface area contributed by atoms with Crippen LogP contribution in [0.15, 0.2) is 0 Å². The van der Waals surface area contributed by atoms with Crippen molar-refractivity contribution in [2.24, 2.45) is 11.7 Å². The Kier molecular flexibility index (Phi) is 2.89. The van der Waals surface area contributed by atoms with Crippen molar-refractivity contribution in [3.63, 3.8) is 0 Å². The Hall–Kier alpha value is -0.0800. The molecule has 2 aliphatic carbocycles. The van der Waals surface area contributed by atoms with Crippen LogP contribution < -0.4 is 11.1 Å². The third kappa shape index (κ3) is 2.44. The first-order chi connectivity index (χ1) is 6.24. The van der Waals surface area contributed by atoms with E-state index in [2.05, 4.69) is 12.2 Å². The van der Waals surface area contributed by atoms with E-state index in [1.54, 1.807) is 0 Å². The number of hydrogen-bond donors (Lipinski definition) is 2. The lowest BCUT2D eigenvalue weighted by Gasteiger charge is -2.18. The lowest BCUT2D eigenvalue weighted by Crippen LogP contribution is -2.36. The third-order valence-electron chi connectivity index (χ3n) is 3.64. The van der Waals surface area contributed by atoms with Crippen molar-refractivity contribution < 1.29 is 0 Å². The van der Waals surface area contributed by atoms with Gasteiger partial charge >= 0.3 is 0 Å². The monoisotopic (exact) mass is 182 g/mol. The molecule has 0 aromatic heterocycles. The van der Waals surface area contributed by atoms with Gasteiger partial charge in [-0.1, -0.05) is 6.92 Å². The zero-order valence-electron chi connectivity index (χ0n) is 8.63. The van der Waals surface area contributed by atoms with Gasteiger partial charge in [-0.25, -0.2) is 0 Å². The molecular formula is C11H22N2. The van der Waals surface area contributed by atoms with Crippen molar-refractivity contribution in [2.75, 3.05) is 0 Å². The van der Waals surface area contributed by atoms with Gasteiger partial charge in [0, 0.05) is 18.1 Å². The number of rotatable bonds is 2. The fraction of sp³-hybridized carbons (Fsp3) is 1.00. The third-order valence-corrected chi connectivity index (χ3v) is 3.64. The van der Waals surface area contributed by atoms with Gasteiger partial charge in [-0.3, -0.25) is 0 Å². The first-order valence-electron chi connectivity index (χ1n) is 5.75. The van der Waals surface area contributed by atoms with Crippen LogP contribution in [0, 0.1) is 5.92 Å². The maximum absolute atomic E-state index is 5.89. The number of nitrogens with two attached hydrogens (primary N) is 1. The normalized spacial score (nSPS) is 45.7. The molecule has 2 saturated carbocycles. The second-order valence-corrected chi connectivity index (χ2v) is 5.05. The minimum Gasteiger partial charge on any atom is -0.328 e. The van der Waals surface area contributed by atoms with Gasteiger partial charge in [-0.05, 0) is 44.4 Å². The highest BCUT2D eigenvalue weighted by Gasteiger charge is 2.27. The zero-order chi connectivity index (χ0) is 9.26. The van der Waals surface area contributed by atoms with Crippen molar-refractivity contribution >= 4 is 0 Å². The summed E-state index contributed by atoms with van der Waals surface area (Å²) in [5, 5.41) is 3.76. The smallest absolute Gasteiger partial charge is 0.00849 e. The molecule has 2 nitrogen and oxygen atoms in total. The molecule has 2 rings (SSSR count). The highest BCUT2D eigenvalue weighted by atomic mass is 15.0. The summed E-state index contributed by atoms with van der Waals surface area (Å²) in [6, 6.07) is 1.99. The van der Waals surface area contributed by atoms with Crippen LogP contribution in [0.3, 0.4) is 0 Å². The molecule has 3 N–H and O–H groups in total. The Morgan fingerprint density at radius 3 is 2.23 bits per heavy atom. The van der Waals surface area contributed by atoms with E-state index < -0.39 is 0 Å². The summed E-state index contributed by atoms with van der Waals surface area (Å²) in [5.74, 6) is 0.938. The maximum Gasteiger partial charge on any atom is 0.00849 e. The zero-order valence-corrected chi connectivity index (χ0v) is 8.63. The molecule has 0 spiro atoms. The van der Waals surface area contributed by atoms with Gasteiger partial charge in [0.25, 0.3) is 0 Å². The predicted molar refractivity (Wildman–Crippen MR) is 55.6 cm³/mol. The molecule has 0 aromatic carbocycles. The molecule has 4 atom stereocenters. The Bertz CT molecular complexity index is 151. The first kappa shape index (κ1) is 9.47. The lowest BCUT2D eigenvalue weighted by atomic mass is 10.1. The fourth-order valence-corrected chi connectivity index (χ4v) is 2.86. The standard InChI is InChI=1S/C11H22N2/c1-8-2-4-10(6-8)13-11-5-3-9(12)7-11/h8-11,13H,2-7,12H2,1H3. The highest BCUT2D eigenvalue weighted by molar-refractivity contribution is 4.87. The molecule has 13 heavy (non-hydrogen) atoms. The molecule has 4 unspecified atom stereocenters. The molecule has 2 heteroatoms. The van der Waals surface area contributed by atoms with E-state index in [1.165, 1.54) is 38.5 Å². The van der Waals surface area contributed by atoms with E-state index in [9.17, 15) is 0 Å². The van der Waals surface area contributed by atoms with Crippen molar-refractivity contribution in [3.05, 3.63) is 0 Å². The summed E-state index contributed by atoms with van der Waals surface area (Å²) in [6.07, 6.45) is 7.89. The second kappa shape index (κ2) is 3.97. The Morgan fingerprint density at radius 2 is 1.69 bits per heavy atom. The Morgan fingerprint density at radius 1 is 1.00 bits per heavy atom. The minimum absolute atomic E-state index is 0.469. The van der Waals surface area contributed by atoms with Gasteiger partial charge in [0.15, 0.2) is 0 Å². The summed E-state index contributed by atoms with van der Waals surface area (Å²) < 4.78 is 0. The number of nitrogens with one attached hydrogen (secondary N) is 1. The van der Waals surface area contributed by atoms with Gasteiger partial charge in [-0.15, -0.1) is 0 Å². The van der Waals surface area contributed by atoms with Crippen LogP contribution in [0.4, 0.5) is 0 Å². The minimum atomic E-state index is 0.469. The molecule has 0 amide bonds.